The minimum absolute atomic E-state index is 0. The summed E-state index contributed by atoms with van der Waals surface area (Å²) in [6.45, 7) is 5.36. The molecule has 0 amide bonds. The van der Waals surface area contributed by atoms with Gasteiger partial charge in [-0.2, -0.15) is 0 Å². The predicted molar refractivity (Wildman–Crippen MR) is 25.9 cm³/mol. The molecular weight excluding hydrogens is 152 g/mol. The maximum absolute atomic E-state index is 3.42. The van der Waals surface area contributed by atoms with Crippen LogP contribution in [0.15, 0.2) is 12.7 Å². The Morgan fingerprint density at radius 1 is 1.67 bits per heavy atom. The molecule has 0 nitrogen and oxygen atoms in total. The number of hydrogen-bond donors (Lipinski definition) is 0. The molecule has 0 fully saturated rings. The first kappa shape index (κ1) is 15.8. The van der Waals surface area contributed by atoms with Crippen molar-refractivity contribution in [3.8, 4) is 0 Å². The van der Waals surface area contributed by atoms with Gasteiger partial charge in [0.15, 0.2) is 0 Å². The van der Waals surface area contributed by atoms with Gasteiger partial charge in [0.25, 0.3) is 0 Å². The van der Waals surface area contributed by atoms with E-state index in [1.165, 1.54) is 0 Å². The normalized spacial score (nSPS) is 3.50. The van der Waals surface area contributed by atoms with E-state index in [4.69, 9.17) is 0 Å². The van der Waals surface area contributed by atoms with Gasteiger partial charge >= 0.3 is 23.1 Å². The van der Waals surface area contributed by atoms with Gasteiger partial charge < -0.3 is 17.0 Å². The first-order valence-electron chi connectivity index (χ1n) is 1.32. The summed E-state index contributed by atoms with van der Waals surface area (Å²) in [5, 5.41) is 0. The fourth-order valence-electron chi connectivity index (χ4n) is 0. The van der Waals surface area contributed by atoms with Crippen molar-refractivity contribution in [1.82, 2.24) is 0 Å². The summed E-state index contributed by atoms with van der Waals surface area (Å²) in [6, 6.07) is 0. The minimum Gasteiger partial charge on any atom is -1.00 e. The minimum atomic E-state index is 0. The Hall–Kier alpha value is 0.856. The Morgan fingerprint density at radius 3 is 1.83 bits per heavy atom. The SMILES string of the molecule is C=C[CH-]C.[Br-].[Mg+2]. The molecular formula is C4H7BrMg. The molecule has 0 unspecified atom stereocenters. The van der Waals surface area contributed by atoms with Crippen LogP contribution in [0.25, 0.3) is 0 Å². The van der Waals surface area contributed by atoms with Crippen molar-refractivity contribution in [2.45, 2.75) is 6.92 Å². The molecule has 32 valence electrons. The van der Waals surface area contributed by atoms with Crippen molar-refractivity contribution < 1.29 is 17.0 Å². The number of halogens is 1. The van der Waals surface area contributed by atoms with E-state index in [2.05, 4.69) is 6.58 Å². The standard InChI is InChI=1S/C4H7.BrH.Mg/c1-3-4-2;;/h3-4H,1H2,2H3;1H;/q-1;;+2/p-1. The molecule has 0 aliphatic heterocycles. The van der Waals surface area contributed by atoms with Crippen LogP contribution in [-0.2, 0) is 0 Å². The Bertz CT molecular complexity index is 21.5. The Morgan fingerprint density at radius 2 is 1.83 bits per heavy atom. The summed E-state index contributed by atoms with van der Waals surface area (Å²) in [6.07, 6.45) is 3.64. The van der Waals surface area contributed by atoms with Gasteiger partial charge in [-0.1, -0.05) is 0 Å². The maximum atomic E-state index is 3.42. The quantitative estimate of drug-likeness (QED) is 0.307. The molecule has 0 saturated carbocycles. The third-order valence-corrected chi connectivity index (χ3v) is 0.236. The van der Waals surface area contributed by atoms with E-state index in [-0.39, 0.29) is 40.0 Å². The van der Waals surface area contributed by atoms with Crippen LogP contribution in [0.4, 0.5) is 0 Å². The van der Waals surface area contributed by atoms with Crippen molar-refractivity contribution in [2.24, 2.45) is 0 Å². The summed E-state index contributed by atoms with van der Waals surface area (Å²) in [4.78, 5) is 0. The van der Waals surface area contributed by atoms with E-state index in [0.717, 1.165) is 0 Å². The average Bonchev–Trinajstić information content (AvgIpc) is 1.37. The van der Waals surface area contributed by atoms with Gasteiger partial charge in [-0.3, -0.25) is 0 Å². The summed E-state index contributed by atoms with van der Waals surface area (Å²) < 4.78 is 0. The molecule has 0 N–H and O–H groups in total. The van der Waals surface area contributed by atoms with Gasteiger partial charge in [0.2, 0.25) is 0 Å². The van der Waals surface area contributed by atoms with E-state index in [1.807, 2.05) is 13.3 Å². The third kappa shape index (κ3) is 21.0. The molecule has 0 spiro atoms. The molecule has 0 radical (unpaired) electrons. The maximum Gasteiger partial charge on any atom is 2.00 e. The third-order valence-electron chi connectivity index (χ3n) is 0.236. The molecule has 0 bridgehead atoms. The number of rotatable bonds is 1. The van der Waals surface area contributed by atoms with Gasteiger partial charge in [0.1, 0.15) is 0 Å². The van der Waals surface area contributed by atoms with E-state index in [0.29, 0.717) is 0 Å². The molecule has 0 atom stereocenters. The fraction of sp³-hybridized carbons (Fsp3) is 0.250. The van der Waals surface area contributed by atoms with Gasteiger partial charge in [0, 0.05) is 0 Å². The van der Waals surface area contributed by atoms with Gasteiger partial charge in [-0.05, 0) is 0 Å². The van der Waals surface area contributed by atoms with E-state index < -0.39 is 0 Å². The van der Waals surface area contributed by atoms with Crippen molar-refractivity contribution >= 4 is 23.1 Å². The Balaban J connectivity index is -0.0000000450. The smallest absolute Gasteiger partial charge is 1.00 e. The summed E-state index contributed by atoms with van der Waals surface area (Å²) >= 11 is 0. The van der Waals surface area contributed by atoms with Crippen LogP contribution < -0.4 is 17.0 Å². The molecule has 0 rings (SSSR count). The first-order valence-corrected chi connectivity index (χ1v) is 1.32. The van der Waals surface area contributed by atoms with E-state index in [1.54, 1.807) is 6.08 Å². The summed E-state index contributed by atoms with van der Waals surface area (Å²) in [7, 11) is 0. The molecule has 2 heteroatoms. The topological polar surface area (TPSA) is 0 Å². The van der Waals surface area contributed by atoms with Crippen LogP contribution in [0.1, 0.15) is 6.92 Å². The first-order chi connectivity index (χ1) is 1.91. The van der Waals surface area contributed by atoms with Crippen LogP contribution in [-0.4, -0.2) is 23.1 Å². The van der Waals surface area contributed by atoms with Crippen LogP contribution in [0.3, 0.4) is 0 Å². The van der Waals surface area contributed by atoms with Gasteiger partial charge in [-0.25, -0.2) is 19.1 Å². The Labute approximate surface area is 65.9 Å². The van der Waals surface area contributed by atoms with Crippen molar-refractivity contribution in [1.29, 1.82) is 0 Å². The van der Waals surface area contributed by atoms with Crippen molar-refractivity contribution in [3.05, 3.63) is 19.1 Å². The van der Waals surface area contributed by atoms with Crippen LogP contribution >= 0.6 is 0 Å². The number of hydrogen-bond acceptors (Lipinski definition) is 0. The second kappa shape index (κ2) is 16.9. The van der Waals surface area contributed by atoms with Crippen LogP contribution in [0.2, 0.25) is 0 Å². The van der Waals surface area contributed by atoms with Crippen molar-refractivity contribution in [3.63, 3.8) is 0 Å². The predicted octanol–water partition coefficient (Wildman–Crippen LogP) is -1.98. The average molecular weight is 159 g/mol. The largest absolute Gasteiger partial charge is 2.00 e. The summed E-state index contributed by atoms with van der Waals surface area (Å²) in [5.74, 6) is 0. The van der Waals surface area contributed by atoms with Gasteiger partial charge in [0.05, 0.1) is 0 Å². The summed E-state index contributed by atoms with van der Waals surface area (Å²) in [5.41, 5.74) is 0. The Kier molecular flexibility index (Phi) is 44.6. The molecule has 0 heterocycles. The number of allylic oxidation sites excluding steroid dienone is 1. The monoisotopic (exact) mass is 158 g/mol. The molecule has 0 aliphatic carbocycles. The zero-order valence-electron chi connectivity index (χ0n) is 3.95. The molecule has 0 aromatic carbocycles. The second-order valence-electron chi connectivity index (χ2n) is 0.569. The van der Waals surface area contributed by atoms with Gasteiger partial charge in [-0.15, -0.1) is 6.92 Å². The molecule has 0 saturated heterocycles. The molecule has 6 heavy (non-hydrogen) atoms. The van der Waals surface area contributed by atoms with E-state index in [9.17, 15) is 0 Å². The fourth-order valence-corrected chi connectivity index (χ4v) is 0. The zero-order valence-corrected chi connectivity index (χ0v) is 6.95. The van der Waals surface area contributed by atoms with Crippen LogP contribution in [0.5, 0.6) is 0 Å². The molecule has 0 aliphatic rings. The zero-order chi connectivity index (χ0) is 3.41. The molecule has 0 aromatic rings. The van der Waals surface area contributed by atoms with Crippen LogP contribution in [0, 0.1) is 6.42 Å². The van der Waals surface area contributed by atoms with Crippen molar-refractivity contribution in [2.75, 3.05) is 0 Å². The second-order valence-corrected chi connectivity index (χ2v) is 0.569. The van der Waals surface area contributed by atoms with E-state index >= 15 is 0 Å². The molecule has 0 aromatic heterocycles.